The van der Waals surface area contributed by atoms with E-state index in [1.807, 2.05) is 13.8 Å². The van der Waals surface area contributed by atoms with Crippen molar-refractivity contribution in [3.63, 3.8) is 0 Å². The van der Waals surface area contributed by atoms with E-state index in [2.05, 4.69) is 5.32 Å². The van der Waals surface area contributed by atoms with Crippen LogP contribution in [0, 0.1) is 5.92 Å². The SMILES string of the molecule is CC(C)CNC(=O)C(C)OC(=O)c1ccc(CN2C(=O)c3ccccc3C2=O)cc1. The Hall–Kier alpha value is -3.48. The molecule has 30 heavy (non-hydrogen) atoms. The molecule has 1 N–H and O–H groups in total. The number of nitrogens with one attached hydrogen (secondary N) is 1. The molecule has 0 saturated carbocycles. The highest BCUT2D eigenvalue weighted by atomic mass is 16.5. The summed E-state index contributed by atoms with van der Waals surface area (Å²) >= 11 is 0. The molecule has 2 aromatic rings. The highest BCUT2D eigenvalue weighted by Gasteiger charge is 2.34. The minimum absolute atomic E-state index is 0.107. The first-order valence-electron chi connectivity index (χ1n) is 9.80. The van der Waals surface area contributed by atoms with Crippen LogP contribution < -0.4 is 5.32 Å². The van der Waals surface area contributed by atoms with E-state index in [9.17, 15) is 19.2 Å². The first-order valence-corrected chi connectivity index (χ1v) is 9.80. The van der Waals surface area contributed by atoms with Crippen molar-refractivity contribution in [3.8, 4) is 0 Å². The number of imide groups is 1. The summed E-state index contributed by atoms with van der Waals surface area (Å²) in [6, 6.07) is 13.1. The number of hydrogen-bond acceptors (Lipinski definition) is 5. The molecule has 7 heteroatoms. The fourth-order valence-electron chi connectivity index (χ4n) is 3.04. The molecule has 1 aliphatic rings. The fraction of sp³-hybridized carbons (Fsp3) is 0.304. The second-order valence-corrected chi connectivity index (χ2v) is 7.63. The lowest BCUT2D eigenvalue weighted by Crippen LogP contribution is -2.37. The maximum absolute atomic E-state index is 12.5. The Balaban J connectivity index is 1.60. The molecule has 156 valence electrons. The minimum Gasteiger partial charge on any atom is -0.449 e. The molecule has 3 amide bonds. The number of hydrogen-bond donors (Lipinski definition) is 1. The Labute approximate surface area is 175 Å². The van der Waals surface area contributed by atoms with Gasteiger partial charge in [0.1, 0.15) is 0 Å². The van der Waals surface area contributed by atoms with E-state index in [1.165, 1.54) is 11.8 Å². The monoisotopic (exact) mass is 408 g/mol. The molecular weight excluding hydrogens is 384 g/mol. The first kappa shape index (κ1) is 21.2. The van der Waals surface area contributed by atoms with Crippen molar-refractivity contribution < 1.29 is 23.9 Å². The molecule has 0 spiro atoms. The van der Waals surface area contributed by atoms with Gasteiger partial charge in [0.05, 0.1) is 23.2 Å². The number of benzene rings is 2. The maximum atomic E-state index is 12.5. The van der Waals surface area contributed by atoms with Gasteiger partial charge in [-0.15, -0.1) is 0 Å². The van der Waals surface area contributed by atoms with Crippen LogP contribution in [0.4, 0.5) is 0 Å². The Morgan fingerprint density at radius 3 is 2.03 bits per heavy atom. The van der Waals surface area contributed by atoms with Crippen molar-refractivity contribution in [2.75, 3.05) is 6.54 Å². The zero-order valence-corrected chi connectivity index (χ0v) is 17.2. The summed E-state index contributed by atoms with van der Waals surface area (Å²) in [5.41, 5.74) is 1.77. The van der Waals surface area contributed by atoms with Crippen molar-refractivity contribution >= 4 is 23.7 Å². The topological polar surface area (TPSA) is 92.8 Å². The summed E-state index contributed by atoms with van der Waals surface area (Å²) in [5, 5.41) is 2.72. The van der Waals surface area contributed by atoms with Gasteiger partial charge in [-0.25, -0.2) is 4.79 Å². The second kappa shape index (κ2) is 8.90. The number of ether oxygens (including phenoxy) is 1. The van der Waals surface area contributed by atoms with Crippen molar-refractivity contribution in [3.05, 3.63) is 70.8 Å². The summed E-state index contributed by atoms with van der Waals surface area (Å²) < 4.78 is 5.21. The molecule has 0 aliphatic carbocycles. The van der Waals surface area contributed by atoms with Gasteiger partial charge in [-0.05, 0) is 42.7 Å². The van der Waals surface area contributed by atoms with Crippen molar-refractivity contribution in [2.45, 2.75) is 33.4 Å². The lowest BCUT2D eigenvalue weighted by atomic mass is 10.1. The number of amides is 3. The van der Waals surface area contributed by atoms with Crippen LogP contribution in [0.3, 0.4) is 0 Å². The van der Waals surface area contributed by atoms with E-state index in [0.29, 0.717) is 29.2 Å². The predicted molar refractivity (Wildman–Crippen MR) is 110 cm³/mol. The molecule has 0 bridgehead atoms. The number of carbonyl (C=O) groups is 4. The maximum Gasteiger partial charge on any atom is 0.338 e. The molecule has 1 atom stereocenters. The van der Waals surface area contributed by atoms with Gasteiger partial charge in [-0.1, -0.05) is 38.1 Å². The zero-order valence-electron chi connectivity index (χ0n) is 17.2. The highest BCUT2D eigenvalue weighted by Crippen LogP contribution is 2.24. The van der Waals surface area contributed by atoms with Crippen LogP contribution >= 0.6 is 0 Å². The van der Waals surface area contributed by atoms with Crippen LogP contribution in [0.15, 0.2) is 48.5 Å². The van der Waals surface area contributed by atoms with Crippen LogP contribution in [0.2, 0.25) is 0 Å². The average molecular weight is 408 g/mol. The average Bonchev–Trinajstić information content (AvgIpc) is 2.97. The van der Waals surface area contributed by atoms with Crippen molar-refractivity contribution in [2.24, 2.45) is 5.92 Å². The molecular formula is C23H24N2O5. The summed E-state index contributed by atoms with van der Waals surface area (Å²) in [7, 11) is 0. The Bertz CT molecular complexity index is 946. The first-order chi connectivity index (χ1) is 14.3. The van der Waals surface area contributed by atoms with E-state index in [-0.39, 0.29) is 29.8 Å². The summed E-state index contributed by atoms with van der Waals surface area (Å²) in [6.45, 7) is 6.08. The number of nitrogens with zero attached hydrogens (tertiary/aromatic N) is 1. The van der Waals surface area contributed by atoms with E-state index in [0.717, 1.165) is 0 Å². The molecule has 0 radical (unpaired) electrons. The Kier molecular flexibility index (Phi) is 6.30. The largest absolute Gasteiger partial charge is 0.449 e. The molecule has 0 saturated heterocycles. The van der Waals surface area contributed by atoms with Gasteiger partial charge < -0.3 is 10.1 Å². The van der Waals surface area contributed by atoms with Crippen molar-refractivity contribution in [1.82, 2.24) is 10.2 Å². The number of fused-ring (bicyclic) bond motifs is 1. The third-order valence-corrected chi connectivity index (χ3v) is 4.75. The minimum atomic E-state index is -0.908. The molecule has 1 heterocycles. The molecule has 7 nitrogen and oxygen atoms in total. The van der Waals surface area contributed by atoms with E-state index < -0.39 is 12.1 Å². The molecule has 0 aromatic heterocycles. The fourth-order valence-corrected chi connectivity index (χ4v) is 3.04. The van der Waals surface area contributed by atoms with Gasteiger partial charge in [0.25, 0.3) is 17.7 Å². The molecule has 2 aromatic carbocycles. The van der Waals surface area contributed by atoms with Crippen LogP contribution in [0.1, 0.15) is 57.4 Å². The molecule has 1 unspecified atom stereocenters. The highest BCUT2D eigenvalue weighted by molar-refractivity contribution is 6.21. The van der Waals surface area contributed by atoms with Crippen LogP contribution in [-0.4, -0.2) is 41.2 Å². The zero-order chi connectivity index (χ0) is 21.8. The van der Waals surface area contributed by atoms with E-state index in [4.69, 9.17) is 4.74 Å². The number of rotatable bonds is 7. The van der Waals surface area contributed by atoms with Crippen LogP contribution in [-0.2, 0) is 16.1 Å². The van der Waals surface area contributed by atoms with Gasteiger partial charge in [0, 0.05) is 6.54 Å². The number of carbonyl (C=O) groups excluding carboxylic acids is 4. The Morgan fingerprint density at radius 2 is 1.50 bits per heavy atom. The third-order valence-electron chi connectivity index (χ3n) is 4.75. The molecule has 0 fully saturated rings. The molecule has 3 rings (SSSR count). The van der Waals surface area contributed by atoms with Gasteiger partial charge in [-0.3, -0.25) is 19.3 Å². The van der Waals surface area contributed by atoms with Crippen molar-refractivity contribution in [1.29, 1.82) is 0 Å². The van der Waals surface area contributed by atoms with Gasteiger partial charge in [0.15, 0.2) is 6.10 Å². The van der Waals surface area contributed by atoms with E-state index in [1.54, 1.807) is 48.5 Å². The van der Waals surface area contributed by atoms with Crippen LogP contribution in [0.25, 0.3) is 0 Å². The van der Waals surface area contributed by atoms with Gasteiger partial charge in [0.2, 0.25) is 0 Å². The van der Waals surface area contributed by atoms with Gasteiger partial charge in [-0.2, -0.15) is 0 Å². The number of esters is 1. The summed E-state index contributed by atoms with van der Waals surface area (Å²) in [4.78, 5) is 50.3. The lowest BCUT2D eigenvalue weighted by Gasteiger charge is -2.15. The smallest absolute Gasteiger partial charge is 0.338 e. The normalized spacial score (nSPS) is 13.9. The summed E-state index contributed by atoms with van der Waals surface area (Å²) in [6.07, 6.45) is -0.908. The second-order valence-electron chi connectivity index (χ2n) is 7.63. The standard InChI is InChI=1S/C23H24N2O5/c1-14(2)12-24-20(26)15(3)30-23(29)17-10-8-16(9-11-17)13-25-21(27)18-6-4-5-7-19(18)22(25)28/h4-11,14-15H,12-13H2,1-3H3,(H,24,26). The third kappa shape index (κ3) is 4.56. The van der Waals surface area contributed by atoms with E-state index >= 15 is 0 Å². The van der Waals surface area contributed by atoms with Crippen LogP contribution in [0.5, 0.6) is 0 Å². The predicted octanol–water partition coefficient (Wildman–Crippen LogP) is 2.80. The summed E-state index contributed by atoms with van der Waals surface area (Å²) in [5.74, 6) is -1.33. The van der Waals surface area contributed by atoms with Gasteiger partial charge >= 0.3 is 5.97 Å². The lowest BCUT2D eigenvalue weighted by molar-refractivity contribution is -0.129. The quantitative estimate of drug-likeness (QED) is 0.562. The Morgan fingerprint density at radius 1 is 0.933 bits per heavy atom. The molecule has 1 aliphatic heterocycles.